The van der Waals surface area contributed by atoms with Gasteiger partial charge in [-0.15, -0.1) is 0 Å². The van der Waals surface area contributed by atoms with Crippen molar-refractivity contribution < 1.29 is 19.3 Å². The first-order valence-electron chi connectivity index (χ1n) is 8.26. The van der Waals surface area contributed by atoms with Gasteiger partial charge in [0.15, 0.2) is 6.29 Å². The van der Waals surface area contributed by atoms with Crippen LogP contribution in [0.3, 0.4) is 0 Å². The van der Waals surface area contributed by atoms with E-state index in [4.69, 9.17) is 9.57 Å². The predicted octanol–water partition coefficient (Wildman–Crippen LogP) is 2.38. The van der Waals surface area contributed by atoms with Crippen LogP contribution >= 0.6 is 0 Å². The Bertz CT molecular complexity index is 610. The molecule has 2 fully saturated rings. The molecule has 8 nitrogen and oxygen atoms in total. The average Bonchev–Trinajstić information content (AvgIpc) is 3.14. The van der Waals surface area contributed by atoms with Gasteiger partial charge in [-0.05, 0) is 37.8 Å². The molecule has 0 bridgehead atoms. The number of amides is 1. The van der Waals surface area contributed by atoms with Crippen molar-refractivity contribution in [3.63, 3.8) is 0 Å². The smallest absolute Gasteiger partial charge is 0.293 e. The maximum absolute atomic E-state index is 12.2. The molecule has 0 aromatic heterocycles. The summed E-state index contributed by atoms with van der Waals surface area (Å²) in [6, 6.07) is 4.52. The van der Waals surface area contributed by atoms with Gasteiger partial charge >= 0.3 is 0 Å². The van der Waals surface area contributed by atoms with Crippen LogP contribution in [0.4, 0.5) is 11.4 Å². The summed E-state index contributed by atoms with van der Waals surface area (Å²) in [5.74, 6) is -0.514. The minimum absolute atomic E-state index is 0.0570. The molecule has 1 amide bonds. The standard InChI is InChI=1S/C16H21N3O5/c20-16(17-24-15-5-1-4-10-23-15)12-6-7-13(14(11-12)19(21)22)18-8-2-3-9-18/h6-7,11,15H,1-5,8-10H2,(H,17,20)/t15-/m0/s1. The Labute approximate surface area is 139 Å². The molecule has 2 saturated heterocycles. The van der Waals surface area contributed by atoms with Crippen molar-refractivity contribution >= 4 is 17.3 Å². The number of nitro groups is 1. The Morgan fingerprint density at radius 3 is 2.75 bits per heavy atom. The number of nitrogens with one attached hydrogen (secondary N) is 1. The Kier molecular flexibility index (Phi) is 5.27. The zero-order chi connectivity index (χ0) is 16.9. The summed E-state index contributed by atoms with van der Waals surface area (Å²) >= 11 is 0. The number of carbonyl (C=O) groups excluding carboxylic acids is 1. The van der Waals surface area contributed by atoms with Crippen molar-refractivity contribution in [3.05, 3.63) is 33.9 Å². The Balaban J connectivity index is 1.69. The van der Waals surface area contributed by atoms with E-state index in [-0.39, 0.29) is 11.3 Å². The van der Waals surface area contributed by atoms with Crippen LogP contribution in [0.2, 0.25) is 0 Å². The molecule has 1 atom stereocenters. The number of rotatable bonds is 5. The van der Waals surface area contributed by atoms with Gasteiger partial charge in [0, 0.05) is 37.7 Å². The largest absolute Gasteiger partial charge is 0.366 e. The van der Waals surface area contributed by atoms with Crippen molar-refractivity contribution in [3.8, 4) is 0 Å². The molecule has 1 aromatic carbocycles. The summed E-state index contributed by atoms with van der Waals surface area (Å²) in [6.07, 6.45) is 4.27. The van der Waals surface area contributed by atoms with E-state index in [1.54, 1.807) is 12.1 Å². The van der Waals surface area contributed by atoms with Crippen LogP contribution in [0, 0.1) is 10.1 Å². The molecule has 0 spiro atoms. The fourth-order valence-corrected chi connectivity index (χ4v) is 3.02. The van der Waals surface area contributed by atoms with Crippen LogP contribution in [0.15, 0.2) is 18.2 Å². The summed E-state index contributed by atoms with van der Waals surface area (Å²) in [6.45, 7) is 2.21. The molecule has 1 aromatic rings. The summed E-state index contributed by atoms with van der Waals surface area (Å²) in [5, 5.41) is 11.4. The van der Waals surface area contributed by atoms with Crippen molar-refractivity contribution in [2.75, 3.05) is 24.6 Å². The van der Waals surface area contributed by atoms with Crippen molar-refractivity contribution in [2.24, 2.45) is 0 Å². The Hall–Kier alpha value is -2.19. The molecule has 1 N–H and O–H groups in total. The van der Waals surface area contributed by atoms with Crippen molar-refractivity contribution in [1.82, 2.24) is 5.48 Å². The Morgan fingerprint density at radius 1 is 1.29 bits per heavy atom. The van der Waals surface area contributed by atoms with Gasteiger partial charge in [0.2, 0.25) is 0 Å². The first kappa shape index (κ1) is 16.7. The molecule has 24 heavy (non-hydrogen) atoms. The lowest BCUT2D eigenvalue weighted by Gasteiger charge is -2.22. The third kappa shape index (κ3) is 3.82. The molecular formula is C16H21N3O5. The molecule has 0 aliphatic carbocycles. The van der Waals surface area contributed by atoms with Gasteiger partial charge in [-0.2, -0.15) is 0 Å². The first-order valence-corrected chi connectivity index (χ1v) is 8.26. The lowest BCUT2D eigenvalue weighted by Crippen LogP contribution is -2.33. The summed E-state index contributed by atoms with van der Waals surface area (Å²) < 4.78 is 5.36. The van der Waals surface area contributed by atoms with E-state index in [9.17, 15) is 14.9 Å². The zero-order valence-corrected chi connectivity index (χ0v) is 13.4. The second-order valence-corrected chi connectivity index (χ2v) is 6.00. The minimum atomic E-state index is -0.514. The van der Waals surface area contributed by atoms with Gasteiger partial charge in [-0.1, -0.05) is 0 Å². The quantitative estimate of drug-likeness (QED) is 0.656. The highest BCUT2D eigenvalue weighted by molar-refractivity contribution is 5.95. The van der Waals surface area contributed by atoms with E-state index in [1.807, 2.05) is 4.90 Å². The number of hydrogen-bond donors (Lipinski definition) is 1. The van der Waals surface area contributed by atoms with E-state index < -0.39 is 17.1 Å². The van der Waals surface area contributed by atoms with E-state index in [2.05, 4.69) is 5.48 Å². The third-order valence-corrected chi connectivity index (χ3v) is 4.30. The fourth-order valence-electron chi connectivity index (χ4n) is 3.02. The molecular weight excluding hydrogens is 314 g/mol. The lowest BCUT2D eigenvalue weighted by atomic mass is 10.1. The molecule has 2 aliphatic rings. The second-order valence-electron chi connectivity index (χ2n) is 6.00. The SMILES string of the molecule is O=C(NO[C@H]1CCCCO1)c1ccc(N2CCCC2)c([N+](=O)[O-])c1. The normalized spacial score (nSPS) is 20.8. The van der Waals surface area contributed by atoms with Crippen LogP contribution in [0.5, 0.6) is 0 Å². The molecule has 2 heterocycles. The maximum atomic E-state index is 12.2. The summed E-state index contributed by atoms with van der Waals surface area (Å²) in [5.41, 5.74) is 3.02. The van der Waals surface area contributed by atoms with E-state index in [1.165, 1.54) is 6.07 Å². The number of nitrogens with zero attached hydrogens (tertiary/aromatic N) is 2. The first-order chi connectivity index (χ1) is 11.6. The lowest BCUT2D eigenvalue weighted by molar-refractivity contribution is -0.384. The van der Waals surface area contributed by atoms with Crippen molar-refractivity contribution in [2.45, 2.75) is 38.4 Å². The number of nitro benzene ring substituents is 1. The average molecular weight is 335 g/mol. The van der Waals surface area contributed by atoms with Crippen molar-refractivity contribution in [1.29, 1.82) is 0 Å². The predicted molar refractivity (Wildman–Crippen MR) is 86.7 cm³/mol. The molecule has 0 saturated carbocycles. The van der Waals surface area contributed by atoms with Crippen LogP contribution in [-0.2, 0) is 9.57 Å². The fraction of sp³-hybridized carbons (Fsp3) is 0.562. The molecule has 0 unspecified atom stereocenters. The van der Waals surface area contributed by atoms with Gasteiger partial charge in [0.25, 0.3) is 11.6 Å². The third-order valence-electron chi connectivity index (χ3n) is 4.30. The number of benzene rings is 1. The highest BCUT2D eigenvalue weighted by Crippen LogP contribution is 2.31. The highest BCUT2D eigenvalue weighted by Gasteiger charge is 2.24. The maximum Gasteiger partial charge on any atom is 0.293 e. The van der Waals surface area contributed by atoms with Gasteiger partial charge in [0.1, 0.15) is 5.69 Å². The second kappa shape index (κ2) is 7.59. The molecule has 130 valence electrons. The highest BCUT2D eigenvalue weighted by atomic mass is 16.8. The van der Waals surface area contributed by atoms with Crippen LogP contribution in [0.1, 0.15) is 42.5 Å². The van der Waals surface area contributed by atoms with E-state index in [0.29, 0.717) is 18.7 Å². The topological polar surface area (TPSA) is 93.9 Å². The van der Waals surface area contributed by atoms with Crippen LogP contribution in [-0.4, -0.2) is 36.8 Å². The number of carbonyl (C=O) groups is 1. The van der Waals surface area contributed by atoms with Gasteiger partial charge in [-0.3, -0.25) is 14.9 Å². The molecule has 0 radical (unpaired) electrons. The monoisotopic (exact) mass is 335 g/mol. The number of hydrogen-bond acceptors (Lipinski definition) is 6. The van der Waals surface area contributed by atoms with Gasteiger partial charge in [0.05, 0.1) is 4.92 Å². The van der Waals surface area contributed by atoms with Crippen LogP contribution in [0.25, 0.3) is 0 Å². The Morgan fingerprint density at radius 2 is 2.08 bits per heavy atom. The van der Waals surface area contributed by atoms with E-state index >= 15 is 0 Å². The van der Waals surface area contributed by atoms with Gasteiger partial charge < -0.3 is 9.64 Å². The van der Waals surface area contributed by atoms with Crippen LogP contribution < -0.4 is 10.4 Å². The van der Waals surface area contributed by atoms with E-state index in [0.717, 1.165) is 38.8 Å². The summed E-state index contributed by atoms with van der Waals surface area (Å²) in [4.78, 5) is 30.3. The number of ether oxygens (including phenoxy) is 1. The molecule has 8 heteroatoms. The molecule has 2 aliphatic heterocycles. The van der Waals surface area contributed by atoms with Gasteiger partial charge in [-0.25, -0.2) is 10.3 Å². The molecule has 3 rings (SSSR count). The minimum Gasteiger partial charge on any atom is -0.366 e. The number of anilines is 1. The summed E-state index contributed by atoms with van der Waals surface area (Å²) in [7, 11) is 0. The number of hydroxylamine groups is 1. The zero-order valence-electron chi connectivity index (χ0n) is 13.4.